The molecule has 2 aromatic carbocycles. The van der Waals surface area contributed by atoms with Crippen molar-refractivity contribution in [2.24, 2.45) is 10.9 Å². The fraction of sp³-hybridized carbons (Fsp3) is 0.442. The van der Waals surface area contributed by atoms with Gasteiger partial charge < -0.3 is 9.80 Å². The van der Waals surface area contributed by atoms with Gasteiger partial charge in [-0.2, -0.15) is 0 Å². The third kappa shape index (κ3) is 6.36. The molecule has 4 aromatic rings. The first-order valence-electron chi connectivity index (χ1n) is 20.5. The molecule has 6 aliphatic heterocycles. The van der Waals surface area contributed by atoms with Gasteiger partial charge in [0.05, 0.1) is 28.9 Å². The first kappa shape index (κ1) is 38.9. The van der Waals surface area contributed by atoms with Gasteiger partial charge in [0, 0.05) is 72.3 Å². The number of halogens is 2. The smallest absolute Gasteiger partial charge is 0.262 e. The van der Waals surface area contributed by atoms with E-state index in [1.807, 2.05) is 41.0 Å². The van der Waals surface area contributed by atoms with Crippen LogP contribution in [0, 0.1) is 32.5 Å². The number of piperidine rings is 2. The number of carbonyl (C=O) groups is 5. The minimum Gasteiger partial charge on any atom is -0.363 e. The van der Waals surface area contributed by atoms with E-state index in [2.05, 4.69) is 38.8 Å². The van der Waals surface area contributed by atoms with Crippen molar-refractivity contribution in [2.45, 2.75) is 83.5 Å². The highest BCUT2D eigenvalue weighted by molar-refractivity contribution is 7.15. The summed E-state index contributed by atoms with van der Waals surface area (Å²) in [6.07, 6.45) is 2.83. The summed E-state index contributed by atoms with van der Waals surface area (Å²) >= 11 is 7.96. The lowest BCUT2D eigenvalue weighted by Crippen LogP contribution is -2.54. The average molecular weight is 852 g/mol. The number of amides is 5. The summed E-state index contributed by atoms with van der Waals surface area (Å²) in [4.78, 5) is 78.7. The number of aryl methyl sites for hydroxylation is 2. The molecule has 60 heavy (non-hydrogen) atoms. The molecule has 0 saturated carbocycles. The van der Waals surface area contributed by atoms with Crippen molar-refractivity contribution in [1.82, 2.24) is 34.8 Å². The predicted molar refractivity (Wildman–Crippen MR) is 221 cm³/mol. The van der Waals surface area contributed by atoms with Gasteiger partial charge >= 0.3 is 0 Å². The van der Waals surface area contributed by atoms with Crippen LogP contribution in [-0.2, 0) is 14.4 Å². The summed E-state index contributed by atoms with van der Waals surface area (Å²) in [6.45, 7) is 9.67. The zero-order valence-electron chi connectivity index (χ0n) is 33.4. The molecular weight excluding hydrogens is 809 g/mol. The number of hydrogen-bond donors (Lipinski definition) is 1. The quantitative estimate of drug-likeness (QED) is 0.255. The number of benzene rings is 2. The number of aromatic nitrogens is 3. The number of likely N-dealkylation sites (tertiary alicyclic amines) is 2. The zero-order chi connectivity index (χ0) is 41.7. The van der Waals surface area contributed by atoms with Crippen LogP contribution in [0.5, 0.6) is 0 Å². The van der Waals surface area contributed by atoms with E-state index in [4.69, 9.17) is 16.6 Å². The topological polar surface area (TPSA) is 153 Å². The minimum atomic E-state index is -1.11. The Bertz CT molecular complexity index is 2550. The minimum absolute atomic E-state index is 0.0131. The molecule has 2 aromatic heterocycles. The van der Waals surface area contributed by atoms with E-state index in [9.17, 15) is 24.0 Å². The van der Waals surface area contributed by atoms with Gasteiger partial charge in [-0.05, 0) is 82.2 Å². The Morgan fingerprint density at radius 1 is 0.950 bits per heavy atom. The molecule has 0 spiro atoms. The van der Waals surface area contributed by atoms with Crippen molar-refractivity contribution in [2.75, 3.05) is 37.6 Å². The monoisotopic (exact) mass is 851 g/mol. The van der Waals surface area contributed by atoms with E-state index >= 15 is 4.39 Å². The van der Waals surface area contributed by atoms with Crippen molar-refractivity contribution in [3.05, 3.63) is 91.6 Å². The fourth-order valence-electron chi connectivity index (χ4n) is 10.1. The summed E-state index contributed by atoms with van der Waals surface area (Å²) in [5.74, 6) is -1.25. The third-order valence-electron chi connectivity index (χ3n) is 13.4. The molecule has 4 saturated heterocycles. The Hall–Kier alpha value is -5.32. The van der Waals surface area contributed by atoms with Crippen LogP contribution in [-0.4, -0.2) is 116 Å². The number of carbonyl (C=O) groups excluding carboxylic acids is 5. The summed E-state index contributed by atoms with van der Waals surface area (Å²) in [6, 6.07) is 8.86. The third-order valence-corrected chi connectivity index (χ3v) is 14.8. The van der Waals surface area contributed by atoms with Gasteiger partial charge in [-0.25, -0.2) is 4.39 Å². The summed E-state index contributed by atoms with van der Waals surface area (Å²) in [5.41, 5.74) is 4.22. The summed E-state index contributed by atoms with van der Waals surface area (Å²) in [5, 5.41) is 12.9. The molecule has 0 radical (unpaired) electrons. The van der Waals surface area contributed by atoms with Crippen LogP contribution in [0.3, 0.4) is 0 Å². The normalized spacial score (nSPS) is 24.1. The second kappa shape index (κ2) is 14.7. The molecule has 4 fully saturated rings. The molecule has 10 rings (SSSR count). The number of hydrogen-bond acceptors (Lipinski definition) is 11. The largest absolute Gasteiger partial charge is 0.363 e. The SMILES string of the molecule is Cc1sc2c(c1C)C(c1ccc(Cl)cc1)=N[C@@H](CC(=O)N1CCC(CN3CC4CC3CN4c3cc4c(cc3F)C(=O)N(C3CCC(=O)NC3=O)C4=O)CC1)c1nnc(C)n1-2. The van der Waals surface area contributed by atoms with E-state index in [0.717, 1.165) is 76.5 Å². The maximum Gasteiger partial charge on any atom is 0.262 e. The molecule has 1 N–H and O–H groups in total. The van der Waals surface area contributed by atoms with E-state index < -0.39 is 41.5 Å². The molecule has 5 amide bonds. The van der Waals surface area contributed by atoms with Gasteiger partial charge in [0.2, 0.25) is 17.7 Å². The van der Waals surface area contributed by atoms with Crippen LogP contribution in [0.25, 0.3) is 5.00 Å². The van der Waals surface area contributed by atoms with Crippen LogP contribution in [0.2, 0.25) is 5.02 Å². The summed E-state index contributed by atoms with van der Waals surface area (Å²) < 4.78 is 17.8. The van der Waals surface area contributed by atoms with Crippen LogP contribution in [0.1, 0.15) is 98.5 Å². The highest BCUT2D eigenvalue weighted by Gasteiger charge is 2.48. The number of nitrogens with zero attached hydrogens (tertiary/aromatic N) is 8. The molecule has 8 heterocycles. The van der Waals surface area contributed by atoms with Crippen LogP contribution in [0.4, 0.5) is 10.1 Å². The molecule has 310 valence electrons. The number of fused-ring (bicyclic) bond motifs is 6. The number of aliphatic imine (C=N–C) groups is 1. The van der Waals surface area contributed by atoms with Crippen LogP contribution >= 0.6 is 22.9 Å². The van der Waals surface area contributed by atoms with Crippen molar-refractivity contribution >= 4 is 63.9 Å². The lowest BCUT2D eigenvalue weighted by Gasteiger charge is -2.39. The van der Waals surface area contributed by atoms with Crippen molar-refractivity contribution in [1.29, 1.82) is 0 Å². The predicted octanol–water partition coefficient (Wildman–Crippen LogP) is 4.93. The Balaban J connectivity index is 0.784. The molecule has 6 aliphatic rings. The number of nitrogens with one attached hydrogen (secondary N) is 1. The molecule has 2 bridgehead atoms. The molecule has 17 heteroatoms. The van der Waals surface area contributed by atoms with Crippen molar-refractivity contribution in [3.8, 4) is 5.00 Å². The molecule has 0 aliphatic carbocycles. The van der Waals surface area contributed by atoms with E-state index in [1.165, 1.54) is 10.9 Å². The number of rotatable bonds is 7. The molecule has 3 unspecified atom stereocenters. The Kier molecular flexibility index (Phi) is 9.52. The van der Waals surface area contributed by atoms with Gasteiger partial charge in [0.25, 0.3) is 11.8 Å². The number of thiophene rings is 1. The van der Waals surface area contributed by atoms with Gasteiger partial charge in [0.15, 0.2) is 5.82 Å². The lowest BCUT2D eigenvalue weighted by molar-refractivity contribution is -0.136. The van der Waals surface area contributed by atoms with Gasteiger partial charge in [-0.1, -0.05) is 23.7 Å². The highest BCUT2D eigenvalue weighted by atomic mass is 35.5. The average Bonchev–Trinajstić information content (AvgIpc) is 4.02. The first-order valence-corrected chi connectivity index (χ1v) is 21.7. The van der Waals surface area contributed by atoms with Crippen molar-refractivity contribution in [3.63, 3.8) is 0 Å². The maximum atomic E-state index is 15.7. The van der Waals surface area contributed by atoms with Crippen LogP contribution < -0.4 is 10.2 Å². The van der Waals surface area contributed by atoms with E-state index in [0.29, 0.717) is 36.4 Å². The highest BCUT2D eigenvalue weighted by Crippen LogP contribution is 2.42. The van der Waals surface area contributed by atoms with Gasteiger partial charge in [-0.15, -0.1) is 21.5 Å². The zero-order valence-corrected chi connectivity index (χ0v) is 35.0. The maximum absolute atomic E-state index is 15.7. The number of piperazine rings is 1. The molecule has 4 atom stereocenters. The Morgan fingerprint density at radius 2 is 1.68 bits per heavy atom. The second-order valence-electron chi connectivity index (χ2n) is 16.9. The van der Waals surface area contributed by atoms with Gasteiger partial charge in [0.1, 0.15) is 28.7 Å². The Labute approximate surface area is 354 Å². The first-order chi connectivity index (χ1) is 28.8. The second-order valence-corrected chi connectivity index (χ2v) is 18.5. The van der Waals surface area contributed by atoms with Crippen molar-refractivity contribution < 1.29 is 28.4 Å². The molecule has 14 nitrogen and oxygen atoms in total. The fourth-order valence-corrected chi connectivity index (χ4v) is 11.4. The lowest BCUT2D eigenvalue weighted by atomic mass is 9.95. The standard InChI is InChI=1S/C43H43ClFN9O5S/c1-21-22(2)60-43-37(21)38(25-4-6-26(44)7-5-25)46-32(39-49-48-23(3)53(39)43)17-36(56)50-12-10-24(11-13-50)18-51-19-28-14-27(51)20-52(28)34-16-30-29(15-31(34)45)41(58)54(42(30)59)33-8-9-35(55)47-40(33)57/h4-7,15-16,24,27-28,32-33H,8-14,17-20H2,1-3H3,(H,47,55,57)/t27?,28?,32-,33?/m0/s1. The Morgan fingerprint density at radius 3 is 2.38 bits per heavy atom. The van der Waals surface area contributed by atoms with E-state index in [1.54, 1.807) is 11.3 Å². The van der Waals surface area contributed by atoms with Crippen LogP contribution in [0.15, 0.2) is 41.4 Å². The number of imide groups is 2. The summed E-state index contributed by atoms with van der Waals surface area (Å²) in [7, 11) is 0. The van der Waals surface area contributed by atoms with Gasteiger partial charge in [-0.3, -0.25) is 48.6 Å². The van der Waals surface area contributed by atoms with E-state index in [-0.39, 0.29) is 54.1 Å². The molecular formula is C43H43ClFN9O5S. The number of anilines is 1.